The third-order valence-corrected chi connectivity index (χ3v) is 11.3. The van der Waals surface area contributed by atoms with Crippen molar-refractivity contribution in [2.24, 2.45) is 46.3 Å². The lowest BCUT2D eigenvalue weighted by atomic mass is 9.44. The molecule has 0 radical (unpaired) electrons. The van der Waals surface area contributed by atoms with Gasteiger partial charge in [-0.1, -0.05) is 27.7 Å². The third-order valence-electron chi connectivity index (χ3n) is 11.3. The number of hydrogen-bond donors (Lipinski definition) is 6. The van der Waals surface area contributed by atoms with Crippen molar-refractivity contribution in [3.63, 3.8) is 0 Å². The van der Waals surface area contributed by atoms with Crippen LogP contribution in [0, 0.1) is 46.3 Å². The number of H-pyrrole nitrogens is 1. The van der Waals surface area contributed by atoms with Crippen LogP contribution in [-0.4, -0.2) is 65.2 Å². The van der Waals surface area contributed by atoms with Gasteiger partial charge in [-0.2, -0.15) is 5.10 Å². The molecule has 9 atom stereocenters. The molecule has 4 aliphatic rings. The number of carboxylic acids is 4. The molecule has 0 bridgehead atoms. The zero-order valence-electron chi connectivity index (χ0n) is 25.4. The standard InChI is InChI=1S/C21H32N2O.2C5H8O4/c1-19-11-13-12-22-23-18(13)10-14(19)4-5-15-16(19)6-8-20(2)17(15)7-9-21(20,3)24;2*1-3(5(8)9)2-4(6)7/h12,14-17,24H,4-11H2,1-3H3,(H,22,23);2*3H,2H2,1H3,(H,6,7)(H,8,9)/t14-,15+,16-,17-,19-,20-,21-;2*3-/m011/s1. The van der Waals surface area contributed by atoms with E-state index in [1.807, 2.05) is 0 Å². The first-order valence-corrected chi connectivity index (χ1v) is 15.1. The molecule has 0 aromatic carbocycles. The number of carboxylic acid groups (broad SMARTS) is 4. The number of aromatic amines is 1. The molecule has 0 spiro atoms. The molecule has 6 N–H and O–H groups in total. The van der Waals surface area contributed by atoms with E-state index in [2.05, 4.69) is 37.2 Å². The largest absolute Gasteiger partial charge is 0.481 e. The molecule has 0 amide bonds. The Labute approximate surface area is 247 Å². The van der Waals surface area contributed by atoms with Crippen LogP contribution in [0.4, 0.5) is 0 Å². The van der Waals surface area contributed by atoms with E-state index in [1.165, 1.54) is 70.1 Å². The third kappa shape index (κ3) is 6.82. The van der Waals surface area contributed by atoms with Crippen LogP contribution in [0.5, 0.6) is 0 Å². The molecule has 11 nitrogen and oxygen atoms in total. The van der Waals surface area contributed by atoms with Crippen molar-refractivity contribution in [2.75, 3.05) is 0 Å². The number of nitrogens with zero attached hydrogens (tertiary/aromatic N) is 1. The van der Waals surface area contributed by atoms with Crippen molar-refractivity contribution in [1.82, 2.24) is 10.2 Å². The molecule has 4 aliphatic carbocycles. The first-order chi connectivity index (χ1) is 19.4. The summed E-state index contributed by atoms with van der Waals surface area (Å²) in [5.41, 5.74) is 3.01. The van der Waals surface area contributed by atoms with Crippen LogP contribution < -0.4 is 0 Å². The maximum Gasteiger partial charge on any atom is 0.306 e. The molecule has 1 aromatic heterocycles. The monoisotopic (exact) mass is 592 g/mol. The van der Waals surface area contributed by atoms with E-state index in [9.17, 15) is 24.3 Å². The van der Waals surface area contributed by atoms with Crippen LogP contribution in [0.1, 0.15) is 97.2 Å². The van der Waals surface area contributed by atoms with Crippen molar-refractivity contribution in [3.05, 3.63) is 17.5 Å². The first kappa shape index (κ1) is 33.6. The van der Waals surface area contributed by atoms with E-state index in [0.29, 0.717) is 5.41 Å². The Balaban J connectivity index is 0.000000224. The van der Waals surface area contributed by atoms with E-state index in [4.69, 9.17) is 20.4 Å². The summed E-state index contributed by atoms with van der Waals surface area (Å²) < 4.78 is 0. The first-order valence-electron chi connectivity index (χ1n) is 15.1. The quantitative estimate of drug-likeness (QED) is 0.274. The van der Waals surface area contributed by atoms with Crippen molar-refractivity contribution < 1.29 is 44.7 Å². The summed E-state index contributed by atoms with van der Waals surface area (Å²) in [7, 11) is 0. The van der Waals surface area contributed by atoms with Gasteiger partial charge in [-0.25, -0.2) is 0 Å². The van der Waals surface area contributed by atoms with Gasteiger partial charge in [-0.3, -0.25) is 24.3 Å². The molecule has 11 heteroatoms. The van der Waals surface area contributed by atoms with Crippen LogP contribution in [0.3, 0.4) is 0 Å². The van der Waals surface area contributed by atoms with Gasteiger partial charge in [0.05, 0.1) is 36.5 Å². The summed E-state index contributed by atoms with van der Waals surface area (Å²) in [6.45, 7) is 9.80. The fraction of sp³-hybridized carbons (Fsp3) is 0.774. The number of rotatable bonds is 6. The highest BCUT2D eigenvalue weighted by Crippen LogP contribution is 2.67. The molecule has 42 heavy (non-hydrogen) atoms. The molecule has 0 aliphatic heterocycles. The summed E-state index contributed by atoms with van der Waals surface area (Å²) in [6.07, 6.45) is 11.4. The van der Waals surface area contributed by atoms with Crippen LogP contribution in [-0.2, 0) is 32.0 Å². The molecule has 0 unspecified atom stereocenters. The van der Waals surface area contributed by atoms with E-state index in [1.54, 1.807) is 0 Å². The minimum absolute atomic E-state index is 0.146. The Hall–Kier alpha value is -2.95. The predicted molar refractivity (Wildman–Crippen MR) is 153 cm³/mol. The molecule has 236 valence electrons. The molecular weight excluding hydrogens is 544 g/mol. The highest BCUT2D eigenvalue weighted by Gasteiger charge is 2.63. The van der Waals surface area contributed by atoms with Crippen molar-refractivity contribution >= 4 is 23.9 Å². The Morgan fingerprint density at radius 3 is 1.93 bits per heavy atom. The number of carbonyl (C=O) groups is 4. The lowest BCUT2D eigenvalue weighted by Gasteiger charge is -2.60. The summed E-state index contributed by atoms with van der Waals surface area (Å²) in [6, 6.07) is 0. The lowest BCUT2D eigenvalue weighted by molar-refractivity contribution is -0.147. The van der Waals surface area contributed by atoms with Gasteiger partial charge in [0.25, 0.3) is 0 Å². The van der Waals surface area contributed by atoms with Crippen molar-refractivity contribution in [3.8, 4) is 0 Å². The van der Waals surface area contributed by atoms with Gasteiger partial charge in [0, 0.05) is 5.69 Å². The molecule has 3 fully saturated rings. The van der Waals surface area contributed by atoms with Gasteiger partial charge in [0.1, 0.15) is 0 Å². The molecule has 1 aromatic rings. The summed E-state index contributed by atoms with van der Waals surface area (Å²) in [5, 5.41) is 51.1. The highest BCUT2D eigenvalue weighted by molar-refractivity contribution is 5.77. The van der Waals surface area contributed by atoms with Gasteiger partial charge >= 0.3 is 23.9 Å². The second-order valence-corrected chi connectivity index (χ2v) is 13.9. The van der Waals surface area contributed by atoms with Gasteiger partial charge < -0.3 is 25.5 Å². The van der Waals surface area contributed by atoms with Gasteiger partial charge in [0.15, 0.2) is 0 Å². The van der Waals surface area contributed by atoms with E-state index < -0.39 is 41.3 Å². The number of aliphatic hydroxyl groups is 1. The molecule has 3 saturated carbocycles. The fourth-order valence-corrected chi connectivity index (χ4v) is 8.41. The zero-order chi connectivity index (χ0) is 31.6. The van der Waals surface area contributed by atoms with Crippen LogP contribution in [0.2, 0.25) is 0 Å². The lowest BCUT2D eigenvalue weighted by Crippen LogP contribution is -2.56. The number of aliphatic carboxylic acids is 4. The van der Waals surface area contributed by atoms with Crippen LogP contribution in [0.25, 0.3) is 0 Å². The Morgan fingerprint density at radius 2 is 1.43 bits per heavy atom. The Kier molecular flexibility index (Phi) is 10.2. The molecule has 5 rings (SSSR count). The number of fused-ring (bicyclic) bond motifs is 6. The van der Waals surface area contributed by atoms with Crippen LogP contribution in [0.15, 0.2) is 6.20 Å². The molecule has 0 saturated heterocycles. The van der Waals surface area contributed by atoms with Crippen LogP contribution >= 0.6 is 0 Å². The average Bonchev–Trinajstić information content (AvgIpc) is 3.42. The average molecular weight is 593 g/mol. The summed E-state index contributed by atoms with van der Waals surface area (Å²) in [5.74, 6) is -2.67. The number of nitrogens with one attached hydrogen (secondary N) is 1. The highest BCUT2D eigenvalue weighted by atomic mass is 16.4. The minimum atomic E-state index is -1.08. The maximum atomic E-state index is 11.0. The number of aromatic nitrogens is 2. The van der Waals surface area contributed by atoms with Crippen molar-refractivity contribution in [1.29, 1.82) is 0 Å². The fourth-order valence-electron chi connectivity index (χ4n) is 8.41. The van der Waals surface area contributed by atoms with Gasteiger partial charge in [0.2, 0.25) is 0 Å². The van der Waals surface area contributed by atoms with E-state index in [0.717, 1.165) is 30.1 Å². The second kappa shape index (κ2) is 12.7. The smallest absolute Gasteiger partial charge is 0.306 e. The molecule has 1 heterocycles. The minimum Gasteiger partial charge on any atom is -0.481 e. The molecular formula is C31H48N2O9. The summed E-state index contributed by atoms with van der Waals surface area (Å²) >= 11 is 0. The SMILES string of the molecule is C[C@H](CC(=O)O)C(=O)O.C[C@H](CC(=O)O)C(=O)O.C[C@]12Cc3cn[nH]c3C[C@@H]1CC[C@@H]1[C@@H]2CC[C@@]2(C)[C@H]1CC[C@]2(C)O. The van der Waals surface area contributed by atoms with Gasteiger partial charge in [-0.15, -0.1) is 0 Å². The van der Waals surface area contributed by atoms with Gasteiger partial charge in [-0.05, 0) is 98.4 Å². The van der Waals surface area contributed by atoms with Crippen molar-refractivity contribution in [2.45, 2.75) is 104 Å². The maximum absolute atomic E-state index is 11.0. The number of hydrogen-bond acceptors (Lipinski definition) is 6. The zero-order valence-corrected chi connectivity index (χ0v) is 25.4. The normalized spacial score (nSPS) is 35.7. The Morgan fingerprint density at radius 1 is 0.881 bits per heavy atom. The van der Waals surface area contributed by atoms with E-state index in [-0.39, 0.29) is 18.3 Å². The second-order valence-electron chi connectivity index (χ2n) is 13.9. The summed E-state index contributed by atoms with van der Waals surface area (Å²) in [4.78, 5) is 39.6. The Bertz CT molecular complexity index is 1130. The topological polar surface area (TPSA) is 198 Å². The van der Waals surface area contributed by atoms with E-state index >= 15 is 0 Å². The predicted octanol–water partition coefficient (Wildman–Crippen LogP) is 4.48.